The summed E-state index contributed by atoms with van der Waals surface area (Å²) in [7, 11) is 0. The second-order valence-corrected chi connectivity index (χ2v) is 4.09. The normalized spacial score (nSPS) is 17.4. The number of nitriles is 1. The molecule has 1 atom stereocenters. The van der Waals surface area contributed by atoms with Crippen LogP contribution in [0.5, 0.6) is 0 Å². The van der Waals surface area contributed by atoms with Crippen molar-refractivity contribution in [1.29, 1.82) is 5.26 Å². The van der Waals surface area contributed by atoms with E-state index in [2.05, 4.69) is 6.07 Å². The van der Waals surface area contributed by atoms with Gasteiger partial charge in [-0.1, -0.05) is 24.3 Å². The molecule has 3 nitrogen and oxygen atoms in total. The predicted molar refractivity (Wildman–Crippen MR) is 66.0 cm³/mol. The summed E-state index contributed by atoms with van der Waals surface area (Å²) in [6.07, 6.45) is 3.74. The van der Waals surface area contributed by atoms with Crippen molar-refractivity contribution < 1.29 is 4.79 Å². The van der Waals surface area contributed by atoms with Gasteiger partial charge >= 0.3 is 0 Å². The molecule has 1 aliphatic heterocycles. The zero-order valence-corrected chi connectivity index (χ0v) is 9.89. The van der Waals surface area contributed by atoms with Crippen molar-refractivity contribution in [2.24, 2.45) is 0 Å². The van der Waals surface area contributed by atoms with Crippen LogP contribution < -0.4 is 0 Å². The number of hydrogen-bond donors (Lipinski definition) is 0. The number of carbonyl (C=O) groups is 1. The number of halogens is 1. The molecule has 1 aliphatic rings. The molecule has 0 radical (unpaired) electrons. The highest BCUT2D eigenvalue weighted by molar-refractivity contribution is 6.18. The molecule has 0 saturated heterocycles. The number of rotatable bonds is 2. The summed E-state index contributed by atoms with van der Waals surface area (Å²) >= 11 is 5.55. The Balaban J connectivity index is 2.36. The Kier molecular flexibility index (Phi) is 3.46. The SMILES string of the molecule is N#C[C@@H]1c2ccccc2C=CN1C(=O)CCCl. The van der Waals surface area contributed by atoms with Crippen LogP contribution in [0.3, 0.4) is 0 Å². The summed E-state index contributed by atoms with van der Waals surface area (Å²) in [5.41, 5.74) is 1.84. The fourth-order valence-corrected chi connectivity index (χ4v) is 2.04. The molecule has 0 unspecified atom stereocenters. The Labute approximate surface area is 105 Å². The number of nitrogens with zero attached hydrogens (tertiary/aromatic N) is 2. The van der Waals surface area contributed by atoms with Gasteiger partial charge in [-0.05, 0) is 17.2 Å². The predicted octanol–water partition coefficient (Wildman–Crippen LogP) is 2.69. The molecule has 0 aromatic heterocycles. The molecular formula is C13H11ClN2O. The third kappa shape index (κ3) is 2.17. The topological polar surface area (TPSA) is 44.1 Å². The summed E-state index contributed by atoms with van der Waals surface area (Å²) in [4.78, 5) is 13.3. The third-order valence-electron chi connectivity index (χ3n) is 2.70. The lowest BCUT2D eigenvalue weighted by atomic mass is 9.97. The van der Waals surface area contributed by atoms with Gasteiger partial charge in [0.25, 0.3) is 0 Å². The number of benzene rings is 1. The molecule has 0 fully saturated rings. The number of carbonyl (C=O) groups excluding carboxylic acids is 1. The summed E-state index contributed by atoms with van der Waals surface area (Å²) in [6.45, 7) is 0. The first-order chi connectivity index (χ1) is 8.27. The van der Waals surface area contributed by atoms with Crippen molar-refractivity contribution >= 4 is 23.6 Å². The maximum absolute atomic E-state index is 11.8. The molecule has 1 heterocycles. The van der Waals surface area contributed by atoms with E-state index in [1.165, 1.54) is 4.90 Å². The molecule has 0 N–H and O–H groups in total. The Morgan fingerprint density at radius 3 is 2.94 bits per heavy atom. The van der Waals surface area contributed by atoms with Gasteiger partial charge in [-0.15, -0.1) is 11.6 Å². The molecule has 1 amide bonds. The van der Waals surface area contributed by atoms with Gasteiger partial charge in [0.2, 0.25) is 5.91 Å². The monoisotopic (exact) mass is 246 g/mol. The summed E-state index contributed by atoms with van der Waals surface area (Å²) in [5, 5.41) is 9.21. The van der Waals surface area contributed by atoms with Crippen molar-refractivity contribution in [3.8, 4) is 6.07 Å². The minimum atomic E-state index is -0.549. The molecule has 86 valence electrons. The quantitative estimate of drug-likeness (QED) is 0.753. The molecule has 1 aromatic carbocycles. The average molecular weight is 247 g/mol. The van der Waals surface area contributed by atoms with E-state index in [0.29, 0.717) is 0 Å². The van der Waals surface area contributed by atoms with Crippen molar-refractivity contribution in [2.45, 2.75) is 12.5 Å². The van der Waals surface area contributed by atoms with Gasteiger partial charge in [-0.25, -0.2) is 0 Å². The first kappa shape index (κ1) is 11.7. The Morgan fingerprint density at radius 2 is 2.24 bits per heavy atom. The van der Waals surface area contributed by atoms with Crippen LogP contribution in [-0.4, -0.2) is 16.7 Å². The second-order valence-electron chi connectivity index (χ2n) is 3.72. The van der Waals surface area contributed by atoms with Crippen molar-refractivity contribution in [3.63, 3.8) is 0 Å². The first-order valence-electron chi connectivity index (χ1n) is 5.32. The number of hydrogen-bond acceptors (Lipinski definition) is 2. The highest BCUT2D eigenvalue weighted by Gasteiger charge is 2.26. The Hall–Kier alpha value is -1.79. The van der Waals surface area contributed by atoms with Gasteiger partial charge in [0.1, 0.15) is 6.04 Å². The van der Waals surface area contributed by atoms with E-state index in [0.717, 1.165) is 11.1 Å². The molecule has 0 saturated carbocycles. The van der Waals surface area contributed by atoms with Gasteiger partial charge in [0.05, 0.1) is 6.07 Å². The van der Waals surface area contributed by atoms with Crippen molar-refractivity contribution in [1.82, 2.24) is 4.90 Å². The first-order valence-corrected chi connectivity index (χ1v) is 5.85. The zero-order valence-electron chi connectivity index (χ0n) is 9.14. The third-order valence-corrected chi connectivity index (χ3v) is 2.89. The minimum absolute atomic E-state index is 0.127. The summed E-state index contributed by atoms with van der Waals surface area (Å²) in [6, 6.07) is 9.19. The van der Waals surface area contributed by atoms with Crippen LogP contribution >= 0.6 is 11.6 Å². The van der Waals surface area contributed by atoms with E-state index in [1.807, 2.05) is 30.3 Å². The van der Waals surface area contributed by atoms with E-state index >= 15 is 0 Å². The fraction of sp³-hybridized carbons (Fsp3) is 0.231. The highest BCUT2D eigenvalue weighted by Crippen LogP contribution is 2.29. The van der Waals surface area contributed by atoms with Crippen LogP contribution in [0.4, 0.5) is 0 Å². The van der Waals surface area contributed by atoms with Crippen LogP contribution in [-0.2, 0) is 4.79 Å². The maximum Gasteiger partial charge on any atom is 0.229 e. The molecule has 4 heteroatoms. The van der Waals surface area contributed by atoms with Gasteiger partial charge in [0.15, 0.2) is 0 Å². The zero-order chi connectivity index (χ0) is 12.3. The molecule has 1 aromatic rings. The van der Waals surface area contributed by atoms with Crippen LogP contribution in [0, 0.1) is 11.3 Å². The largest absolute Gasteiger partial charge is 0.298 e. The van der Waals surface area contributed by atoms with Crippen LogP contribution in [0.1, 0.15) is 23.6 Å². The van der Waals surface area contributed by atoms with E-state index in [1.54, 1.807) is 6.20 Å². The lowest BCUT2D eigenvalue weighted by Crippen LogP contribution is -2.31. The Bertz CT molecular complexity index is 504. The van der Waals surface area contributed by atoms with Gasteiger partial charge in [0, 0.05) is 18.5 Å². The van der Waals surface area contributed by atoms with Crippen molar-refractivity contribution in [2.75, 3.05) is 5.88 Å². The molecular weight excluding hydrogens is 236 g/mol. The van der Waals surface area contributed by atoms with Crippen LogP contribution in [0.2, 0.25) is 0 Å². The Morgan fingerprint density at radius 1 is 1.47 bits per heavy atom. The van der Waals surface area contributed by atoms with E-state index < -0.39 is 6.04 Å². The molecule has 0 spiro atoms. The number of amides is 1. The molecule has 0 bridgehead atoms. The molecule has 17 heavy (non-hydrogen) atoms. The summed E-state index contributed by atoms with van der Waals surface area (Å²) < 4.78 is 0. The lowest BCUT2D eigenvalue weighted by Gasteiger charge is -2.28. The van der Waals surface area contributed by atoms with Crippen LogP contribution in [0.25, 0.3) is 6.08 Å². The lowest BCUT2D eigenvalue weighted by molar-refractivity contribution is -0.129. The molecule has 0 aliphatic carbocycles. The smallest absolute Gasteiger partial charge is 0.229 e. The molecule has 2 rings (SSSR count). The minimum Gasteiger partial charge on any atom is -0.298 e. The van der Waals surface area contributed by atoms with Gasteiger partial charge < -0.3 is 0 Å². The standard InChI is InChI=1S/C13H11ClN2O/c14-7-5-13(17)16-8-6-10-3-1-2-4-11(10)12(16)9-15/h1-4,6,8,12H,5,7H2/t12-/m1/s1. The summed E-state index contributed by atoms with van der Waals surface area (Å²) in [5.74, 6) is 0.139. The van der Waals surface area contributed by atoms with E-state index in [9.17, 15) is 10.1 Å². The average Bonchev–Trinajstić information content (AvgIpc) is 2.37. The van der Waals surface area contributed by atoms with E-state index in [-0.39, 0.29) is 18.2 Å². The number of alkyl halides is 1. The second kappa shape index (κ2) is 5.03. The fourth-order valence-electron chi connectivity index (χ4n) is 1.88. The van der Waals surface area contributed by atoms with Gasteiger partial charge in [-0.3, -0.25) is 9.69 Å². The van der Waals surface area contributed by atoms with E-state index in [4.69, 9.17) is 11.6 Å². The maximum atomic E-state index is 11.8. The van der Waals surface area contributed by atoms with Crippen molar-refractivity contribution in [3.05, 3.63) is 41.6 Å². The number of fused-ring (bicyclic) bond motifs is 1. The van der Waals surface area contributed by atoms with Gasteiger partial charge in [-0.2, -0.15) is 5.26 Å². The van der Waals surface area contributed by atoms with Crippen LogP contribution in [0.15, 0.2) is 30.5 Å². The highest BCUT2D eigenvalue weighted by atomic mass is 35.5.